The standard InChI is InChI=1S/C18H18N2O2.ClH/c21-18(15-6-3-4-10-19-15)20-12-8-9-14-13-5-1-2-7-16(13)22-17(14)11-12;/h1-2,5,7-9,11,15,19H,3-4,6,10H2,(H,20,21);1H. The molecule has 0 spiro atoms. The second kappa shape index (κ2) is 6.60. The van der Waals surface area contributed by atoms with Gasteiger partial charge in [0.25, 0.3) is 0 Å². The first-order valence-electron chi connectivity index (χ1n) is 7.77. The van der Waals surface area contributed by atoms with E-state index in [1.54, 1.807) is 0 Å². The number of fused-ring (bicyclic) bond motifs is 3. The van der Waals surface area contributed by atoms with Gasteiger partial charge in [0.1, 0.15) is 11.2 Å². The molecule has 1 unspecified atom stereocenters. The molecule has 0 saturated carbocycles. The largest absolute Gasteiger partial charge is 0.456 e. The molecule has 0 radical (unpaired) electrons. The maximum atomic E-state index is 12.3. The Kier molecular flexibility index (Phi) is 4.55. The zero-order valence-electron chi connectivity index (χ0n) is 12.7. The number of anilines is 1. The van der Waals surface area contributed by atoms with Gasteiger partial charge in [-0.3, -0.25) is 4.79 Å². The Labute approximate surface area is 140 Å². The Morgan fingerprint density at radius 2 is 1.91 bits per heavy atom. The molecule has 4 rings (SSSR count). The number of carbonyl (C=O) groups is 1. The summed E-state index contributed by atoms with van der Waals surface area (Å²) in [5.74, 6) is 0.0372. The number of carbonyl (C=O) groups excluding carboxylic acids is 1. The van der Waals surface area contributed by atoms with Crippen LogP contribution in [0.3, 0.4) is 0 Å². The van der Waals surface area contributed by atoms with Crippen molar-refractivity contribution < 1.29 is 9.21 Å². The highest BCUT2D eigenvalue weighted by atomic mass is 35.5. The summed E-state index contributed by atoms with van der Waals surface area (Å²) in [6, 6.07) is 13.7. The van der Waals surface area contributed by atoms with Gasteiger partial charge in [-0.1, -0.05) is 24.6 Å². The molecule has 2 heterocycles. The molecule has 1 fully saturated rings. The monoisotopic (exact) mass is 330 g/mol. The Morgan fingerprint density at radius 1 is 1.09 bits per heavy atom. The third kappa shape index (κ3) is 3.05. The Hall–Kier alpha value is -2.04. The maximum Gasteiger partial charge on any atom is 0.241 e. The van der Waals surface area contributed by atoms with E-state index in [1.165, 1.54) is 0 Å². The number of furan rings is 1. The number of hydrogen-bond donors (Lipinski definition) is 2. The van der Waals surface area contributed by atoms with Gasteiger partial charge in [0, 0.05) is 22.5 Å². The van der Waals surface area contributed by atoms with E-state index in [0.29, 0.717) is 0 Å². The molecular weight excluding hydrogens is 312 g/mol. The van der Waals surface area contributed by atoms with Crippen LogP contribution >= 0.6 is 12.4 Å². The lowest BCUT2D eigenvalue weighted by molar-refractivity contribution is -0.118. The SMILES string of the molecule is Cl.O=C(Nc1ccc2c(c1)oc1ccccc12)C1CCCCN1. The highest BCUT2D eigenvalue weighted by molar-refractivity contribution is 6.06. The van der Waals surface area contributed by atoms with Crippen LogP contribution in [0.2, 0.25) is 0 Å². The molecule has 2 aromatic carbocycles. The van der Waals surface area contributed by atoms with Gasteiger partial charge in [0.2, 0.25) is 5.91 Å². The van der Waals surface area contributed by atoms with Crippen LogP contribution < -0.4 is 10.6 Å². The van der Waals surface area contributed by atoms with Gasteiger partial charge < -0.3 is 15.1 Å². The fourth-order valence-electron chi connectivity index (χ4n) is 3.11. The summed E-state index contributed by atoms with van der Waals surface area (Å²) in [5, 5.41) is 8.42. The molecule has 0 bridgehead atoms. The van der Waals surface area contributed by atoms with Crippen LogP contribution in [0.4, 0.5) is 5.69 Å². The fraction of sp³-hybridized carbons (Fsp3) is 0.278. The zero-order valence-corrected chi connectivity index (χ0v) is 13.5. The van der Waals surface area contributed by atoms with Crippen LogP contribution in [-0.2, 0) is 4.79 Å². The Bertz CT molecular complexity index is 837. The van der Waals surface area contributed by atoms with Gasteiger partial charge in [-0.15, -0.1) is 12.4 Å². The van der Waals surface area contributed by atoms with Crippen molar-refractivity contribution in [3.8, 4) is 0 Å². The second-order valence-electron chi connectivity index (χ2n) is 5.80. The quantitative estimate of drug-likeness (QED) is 0.744. The minimum Gasteiger partial charge on any atom is -0.456 e. The first-order chi connectivity index (χ1) is 10.8. The summed E-state index contributed by atoms with van der Waals surface area (Å²) >= 11 is 0. The maximum absolute atomic E-state index is 12.3. The molecule has 1 saturated heterocycles. The van der Waals surface area contributed by atoms with E-state index in [1.807, 2.05) is 42.5 Å². The van der Waals surface area contributed by atoms with Crippen LogP contribution in [0.5, 0.6) is 0 Å². The average Bonchev–Trinajstić information content (AvgIpc) is 2.93. The van der Waals surface area contributed by atoms with Gasteiger partial charge in [-0.05, 0) is 37.6 Å². The van der Waals surface area contributed by atoms with Crippen molar-refractivity contribution >= 4 is 45.9 Å². The van der Waals surface area contributed by atoms with Gasteiger partial charge in [-0.2, -0.15) is 0 Å². The highest BCUT2D eigenvalue weighted by Gasteiger charge is 2.20. The third-order valence-electron chi connectivity index (χ3n) is 4.27. The molecular formula is C18H19ClN2O2. The molecule has 1 amide bonds. The van der Waals surface area contributed by atoms with Crippen molar-refractivity contribution in [2.45, 2.75) is 25.3 Å². The summed E-state index contributed by atoms with van der Waals surface area (Å²) in [4.78, 5) is 12.3. The smallest absolute Gasteiger partial charge is 0.241 e. The predicted octanol–water partition coefficient (Wildman–Crippen LogP) is 4.09. The van der Waals surface area contributed by atoms with Gasteiger partial charge in [-0.25, -0.2) is 0 Å². The minimum atomic E-state index is -0.0832. The van der Waals surface area contributed by atoms with Crippen LogP contribution in [0.15, 0.2) is 46.9 Å². The van der Waals surface area contributed by atoms with E-state index < -0.39 is 0 Å². The lowest BCUT2D eigenvalue weighted by Crippen LogP contribution is -2.43. The molecule has 2 N–H and O–H groups in total. The fourth-order valence-corrected chi connectivity index (χ4v) is 3.11. The molecule has 4 nitrogen and oxygen atoms in total. The topological polar surface area (TPSA) is 54.3 Å². The van der Waals surface area contributed by atoms with Gasteiger partial charge in [0.05, 0.1) is 6.04 Å². The Morgan fingerprint density at radius 3 is 2.74 bits per heavy atom. The van der Waals surface area contributed by atoms with Crippen LogP contribution in [0, 0.1) is 0 Å². The van der Waals surface area contributed by atoms with Gasteiger partial charge >= 0.3 is 0 Å². The van der Waals surface area contributed by atoms with Crippen LogP contribution in [0.25, 0.3) is 21.9 Å². The summed E-state index contributed by atoms with van der Waals surface area (Å²) in [6.45, 7) is 0.917. The first-order valence-corrected chi connectivity index (χ1v) is 7.77. The summed E-state index contributed by atoms with van der Waals surface area (Å²) in [5.41, 5.74) is 2.45. The number of nitrogens with one attached hydrogen (secondary N) is 2. The van der Waals surface area contributed by atoms with E-state index >= 15 is 0 Å². The van der Waals surface area contributed by atoms with Crippen molar-refractivity contribution in [3.05, 3.63) is 42.5 Å². The van der Waals surface area contributed by atoms with E-state index in [0.717, 1.165) is 53.4 Å². The molecule has 5 heteroatoms. The van der Waals surface area contributed by atoms with Crippen molar-refractivity contribution in [1.82, 2.24) is 5.32 Å². The number of piperidine rings is 1. The minimum absolute atomic E-state index is 0. The molecule has 1 aromatic heterocycles. The zero-order chi connectivity index (χ0) is 14.9. The molecule has 3 aromatic rings. The van der Waals surface area contributed by atoms with E-state index in [4.69, 9.17) is 4.42 Å². The van der Waals surface area contributed by atoms with Crippen LogP contribution in [0.1, 0.15) is 19.3 Å². The van der Waals surface area contributed by atoms with E-state index in [2.05, 4.69) is 10.6 Å². The van der Waals surface area contributed by atoms with Gasteiger partial charge in [0.15, 0.2) is 0 Å². The number of amides is 1. The normalized spacial score (nSPS) is 17.8. The summed E-state index contributed by atoms with van der Waals surface area (Å²) in [6.07, 6.45) is 3.15. The van der Waals surface area contributed by atoms with E-state index in [-0.39, 0.29) is 24.4 Å². The van der Waals surface area contributed by atoms with Crippen molar-refractivity contribution in [3.63, 3.8) is 0 Å². The molecule has 1 aliphatic heterocycles. The second-order valence-corrected chi connectivity index (χ2v) is 5.80. The molecule has 0 aliphatic carbocycles. The average molecular weight is 331 g/mol. The lowest BCUT2D eigenvalue weighted by atomic mass is 10.0. The predicted molar refractivity (Wildman–Crippen MR) is 95.2 cm³/mol. The first kappa shape index (κ1) is 15.8. The van der Waals surface area contributed by atoms with Crippen molar-refractivity contribution in [1.29, 1.82) is 0 Å². The highest BCUT2D eigenvalue weighted by Crippen LogP contribution is 2.30. The molecule has 120 valence electrons. The number of hydrogen-bond acceptors (Lipinski definition) is 3. The Balaban J connectivity index is 0.00000156. The lowest BCUT2D eigenvalue weighted by Gasteiger charge is -2.22. The number of benzene rings is 2. The number of halogens is 1. The molecule has 1 aliphatic rings. The third-order valence-corrected chi connectivity index (χ3v) is 4.27. The summed E-state index contributed by atoms with van der Waals surface area (Å²) in [7, 11) is 0. The van der Waals surface area contributed by atoms with Crippen molar-refractivity contribution in [2.24, 2.45) is 0 Å². The van der Waals surface area contributed by atoms with E-state index in [9.17, 15) is 4.79 Å². The molecule has 23 heavy (non-hydrogen) atoms. The van der Waals surface area contributed by atoms with Crippen molar-refractivity contribution in [2.75, 3.05) is 11.9 Å². The molecule has 1 atom stereocenters. The summed E-state index contributed by atoms with van der Waals surface area (Å²) < 4.78 is 5.85. The number of para-hydroxylation sites is 1. The van der Waals surface area contributed by atoms with Crippen LogP contribution in [-0.4, -0.2) is 18.5 Å². The number of rotatable bonds is 2.